The third kappa shape index (κ3) is 2.12. The zero-order chi connectivity index (χ0) is 9.19. The van der Waals surface area contributed by atoms with Crippen molar-refractivity contribution >= 4 is 33.6 Å². The Morgan fingerprint density at radius 3 is 3.00 bits per heavy atom. The maximum atomic E-state index is 10.2. The van der Waals surface area contributed by atoms with Crippen LogP contribution in [0.4, 0.5) is 0 Å². The van der Waals surface area contributed by atoms with Crippen molar-refractivity contribution in [2.45, 2.75) is 18.9 Å². The number of aromatic nitrogens is 1. The second-order valence-electron chi connectivity index (χ2n) is 2.62. The molecule has 0 spiro atoms. The van der Waals surface area contributed by atoms with E-state index in [9.17, 15) is 9.90 Å². The van der Waals surface area contributed by atoms with Gasteiger partial charge in [-0.3, -0.25) is 0 Å². The number of aliphatic hydroxyl groups is 1. The van der Waals surface area contributed by atoms with E-state index in [4.69, 9.17) is 0 Å². The molecule has 1 atom stereocenters. The first-order valence-corrected chi connectivity index (χ1v) is 5.01. The molecule has 0 aliphatic rings. The van der Waals surface area contributed by atoms with Crippen molar-refractivity contribution in [2.75, 3.05) is 0 Å². The van der Waals surface area contributed by atoms with Gasteiger partial charge in [0.2, 0.25) is 0 Å². The van der Waals surface area contributed by atoms with Gasteiger partial charge in [-0.15, -0.1) is 11.3 Å². The number of hydrogen-bond donors (Lipinski definition) is 1. The standard InChI is InChI=1S/C7H8BrNO2S/c1-7(11,2-3-10)6-9-5(8)4-12-6/h3-4,11H,2H2,1H3. The van der Waals surface area contributed by atoms with Crippen LogP contribution < -0.4 is 0 Å². The molecule has 0 amide bonds. The molecule has 5 heteroatoms. The van der Waals surface area contributed by atoms with Crippen LogP contribution in [0.25, 0.3) is 0 Å². The summed E-state index contributed by atoms with van der Waals surface area (Å²) in [5.74, 6) is 0. The number of halogens is 1. The number of aldehydes is 1. The maximum Gasteiger partial charge on any atom is 0.126 e. The number of hydrogen-bond acceptors (Lipinski definition) is 4. The van der Waals surface area contributed by atoms with Crippen molar-refractivity contribution in [3.05, 3.63) is 15.0 Å². The van der Waals surface area contributed by atoms with Gasteiger partial charge < -0.3 is 9.90 Å². The van der Waals surface area contributed by atoms with Crippen molar-refractivity contribution in [3.8, 4) is 0 Å². The van der Waals surface area contributed by atoms with Gasteiger partial charge in [-0.05, 0) is 22.9 Å². The fraction of sp³-hybridized carbons (Fsp3) is 0.429. The minimum atomic E-state index is -1.13. The van der Waals surface area contributed by atoms with Gasteiger partial charge in [-0.2, -0.15) is 0 Å². The van der Waals surface area contributed by atoms with Crippen LogP contribution in [0.2, 0.25) is 0 Å². The first-order chi connectivity index (χ1) is 5.56. The molecule has 12 heavy (non-hydrogen) atoms. The van der Waals surface area contributed by atoms with Crippen molar-refractivity contribution in [3.63, 3.8) is 0 Å². The Labute approximate surface area is 82.6 Å². The average Bonchev–Trinajstić information content (AvgIpc) is 2.36. The molecule has 3 nitrogen and oxygen atoms in total. The smallest absolute Gasteiger partial charge is 0.126 e. The fourth-order valence-corrected chi connectivity index (χ4v) is 2.08. The summed E-state index contributed by atoms with van der Waals surface area (Å²) in [7, 11) is 0. The van der Waals surface area contributed by atoms with Gasteiger partial charge in [0, 0.05) is 11.8 Å². The summed E-state index contributed by atoms with van der Waals surface area (Å²) in [5, 5.41) is 12.0. The maximum absolute atomic E-state index is 10.2. The largest absolute Gasteiger partial charge is 0.383 e. The second-order valence-corrected chi connectivity index (χ2v) is 4.29. The fourth-order valence-electron chi connectivity index (χ4n) is 0.751. The van der Waals surface area contributed by atoms with Crippen LogP contribution in [-0.4, -0.2) is 16.4 Å². The lowest BCUT2D eigenvalue weighted by Crippen LogP contribution is -2.21. The van der Waals surface area contributed by atoms with Crippen LogP contribution >= 0.6 is 27.3 Å². The van der Waals surface area contributed by atoms with Crippen LogP contribution in [0.3, 0.4) is 0 Å². The Balaban J connectivity index is 2.88. The Kier molecular flexibility index (Phi) is 2.98. The molecule has 0 saturated carbocycles. The summed E-state index contributed by atoms with van der Waals surface area (Å²) in [6, 6.07) is 0. The molecule has 0 saturated heterocycles. The van der Waals surface area contributed by atoms with Crippen molar-refractivity contribution in [1.82, 2.24) is 4.98 Å². The Morgan fingerprint density at radius 2 is 2.58 bits per heavy atom. The molecule has 1 heterocycles. The zero-order valence-electron chi connectivity index (χ0n) is 6.45. The Morgan fingerprint density at radius 1 is 1.92 bits per heavy atom. The summed E-state index contributed by atoms with van der Waals surface area (Å²) in [6.45, 7) is 1.58. The topological polar surface area (TPSA) is 50.2 Å². The van der Waals surface area contributed by atoms with E-state index in [1.807, 2.05) is 0 Å². The number of nitrogens with zero attached hydrogens (tertiary/aromatic N) is 1. The molecule has 0 aliphatic carbocycles. The highest BCUT2D eigenvalue weighted by molar-refractivity contribution is 9.10. The minimum absolute atomic E-state index is 0.0763. The number of carbonyl (C=O) groups excluding carboxylic acids is 1. The molecule has 0 bridgehead atoms. The van der Waals surface area contributed by atoms with Gasteiger partial charge in [0.15, 0.2) is 0 Å². The minimum Gasteiger partial charge on any atom is -0.383 e. The van der Waals surface area contributed by atoms with E-state index in [0.29, 0.717) is 15.9 Å². The van der Waals surface area contributed by atoms with Crippen LogP contribution in [-0.2, 0) is 10.4 Å². The van der Waals surface area contributed by atoms with E-state index in [1.54, 1.807) is 12.3 Å². The van der Waals surface area contributed by atoms with E-state index in [0.717, 1.165) is 0 Å². The summed E-state index contributed by atoms with van der Waals surface area (Å²) in [5.41, 5.74) is -1.13. The predicted molar refractivity (Wildman–Crippen MR) is 50.1 cm³/mol. The van der Waals surface area contributed by atoms with Gasteiger partial charge in [0.25, 0.3) is 0 Å². The van der Waals surface area contributed by atoms with Crippen molar-refractivity contribution < 1.29 is 9.90 Å². The SMILES string of the molecule is CC(O)(CC=O)c1nc(Br)cs1. The first kappa shape index (κ1) is 9.83. The molecular weight excluding hydrogens is 242 g/mol. The summed E-state index contributed by atoms with van der Waals surface area (Å²) in [4.78, 5) is 14.2. The Hall–Kier alpha value is -0.260. The van der Waals surface area contributed by atoms with Crippen molar-refractivity contribution in [1.29, 1.82) is 0 Å². The number of thiazole rings is 1. The molecule has 66 valence electrons. The van der Waals surface area contributed by atoms with E-state index < -0.39 is 5.60 Å². The summed E-state index contributed by atoms with van der Waals surface area (Å²) >= 11 is 4.51. The normalized spacial score (nSPS) is 15.6. The highest BCUT2D eigenvalue weighted by Gasteiger charge is 2.25. The first-order valence-electron chi connectivity index (χ1n) is 3.34. The quantitative estimate of drug-likeness (QED) is 0.830. The number of rotatable bonds is 3. The van der Waals surface area contributed by atoms with Gasteiger partial charge in [-0.1, -0.05) is 0 Å². The van der Waals surface area contributed by atoms with E-state index in [1.165, 1.54) is 11.3 Å². The average molecular weight is 250 g/mol. The lowest BCUT2D eigenvalue weighted by molar-refractivity contribution is -0.112. The highest BCUT2D eigenvalue weighted by Crippen LogP contribution is 2.28. The molecule has 0 radical (unpaired) electrons. The van der Waals surface area contributed by atoms with Crippen molar-refractivity contribution in [2.24, 2.45) is 0 Å². The van der Waals surface area contributed by atoms with Crippen LogP contribution in [0.15, 0.2) is 9.98 Å². The molecule has 1 unspecified atom stereocenters. The van der Waals surface area contributed by atoms with Crippen LogP contribution in [0, 0.1) is 0 Å². The summed E-state index contributed by atoms with van der Waals surface area (Å²) < 4.78 is 0.689. The molecule has 0 fully saturated rings. The molecule has 1 N–H and O–H groups in total. The third-order valence-electron chi connectivity index (χ3n) is 1.42. The molecule has 1 aromatic rings. The van der Waals surface area contributed by atoms with E-state index in [2.05, 4.69) is 20.9 Å². The molecule has 0 aliphatic heterocycles. The molecular formula is C7H8BrNO2S. The van der Waals surface area contributed by atoms with Crippen LogP contribution in [0.1, 0.15) is 18.4 Å². The lowest BCUT2D eigenvalue weighted by atomic mass is 10.1. The molecule has 1 rings (SSSR count). The molecule has 0 aromatic carbocycles. The second kappa shape index (κ2) is 3.64. The van der Waals surface area contributed by atoms with Crippen LogP contribution in [0.5, 0.6) is 0 Å². The number of carbonyl (C=O) groups is 1. The van der Waals surface area contributed by atoms with Gasteiger partial charge >= 0.3 is 0 Å². The van der Waals surface area contributed by atoms with Gasteiger partial charge in [0.1, 0.15) is 21.5 Å². The predicted octanol–water partition coefficient (Wildman–Crippen LogP) is 1.70. The Bertz CT molecular complexity index is 285. The van der Waals surface area contributed by atoms with Gasteiger partial charge in [0.05, 0.1) is 0 Å². The monoisotopic (exact) mass is 249 g/mol. The zero-order valence-corrected chi connectivity index (χ0v) is 8.85. The van der Waals surface area contributed by atoms with E-state index >= 15 is 0 Å². The van der Waals surface area contributed by atoms with Gasteiger partial charge in [-0.25, -0.2) is 4.98 Å². The third-order valence-corrected chi connectivity index (χ3v) is 3.22. The van der Waals surface area contributed by atoms with E-state index in [-0.39, 0.29) is 6.42 Å². The highest BCUT2D eigenvalue weighted by atomic mass is 79.9. The summed E-state index contributed by atoms with van der Waals surface area (Å²) in [6.07, 6.45) is 0.766. The lowest BCUT2D eigenvalue weighted by Gasteiger charge is -2.16. The molecule has 1 aromatic heterocycles.